The largest absolute Gasteiger partial charge is 0.504 e. The number of hydrogen-bond donors (Lipinski definition) is 1. The second kappa shape index (κ2) is 7.00. The van der Waals surface area contributed by atoms with Gasteiger partial charge in [0.25, 0.3) is 0 Å². The maximum absolute atomic E-state index is 9.72. The quantitative estimate of drug-likeness (QED) is 0.779. The highest BCUT2D eigenvalue weighted by Crippen LogP contribution is 2.31. The number of phenolic OH excluding ortho intramolecular Hbond substituents is 1. The molecule has 2 aromatic carbocycles. The van der Waals surface area contributed by atoms with Crippen LogP contribution in [0.1, 0.15) is 5.56 Å². The summed E-state index contributed by atoms with van der Waals surface area (Å²) < 4.78 is 5.16. The molecule has 5 nitrogen and oxygen atoms in total. The molecule has 0 aliphatic heterocycles. The third-order valence-electron chi connectivity index (χ3n) is 3.75. The fourth-order valence-electron chi connectivity index (χ4n) is 2.45. The monoisotopic (exact) mass is 321 g/mol. The van der Waals surface area contributed by atoms with Crippen LogP contribution in [0.3, 0.4) is 0 Å². The standard InChI is InChI=1S/C19H19N3O2/c1-22(13-14-6-4-3-5-7-14)19-12-20-11-16(21-19)15-8-9-17(23)18(10-15)24-2/h3-12,23H,13H2,1-2H3. The molecule has 3 aromatic rings. The molecular formula is C19H19N3O2. The number of anilines is 1. The molecule has 0 unspecified atom stereocenters. The molecule has 0 aliphatic rings. The lowest BCUT2D eigenvalue weighted by atomic mass is 10.1. The normalized spacial score (nSPS) is 10.4. The number of aromatic hydroxyl groups is 1. The van der Waals surface area contributed by atoms with Crippen molar-refractivity contribution in [2.24, 2.45) is 0 Å². The Balaban J connectivity index is 1.86. The second-order valence-electron chi connectivity index (χ2n) is 5.49. The molecule has 0 spiro atoms. The Morgan fingerprint density at radius 1 is 1.08 bits per heavy atom. The minimum absolute atomic E-state index is 0.103. The molecule has 0 radical (unpaired) electrons. The van der Waals surface area contributed by atoms with Crippen LogP contribution < -0.4 is 9.64 Å². The predicted octanol–water partition coefficient (Wildman–Crippen LogP) is 3.49. The van der Waals surface area contributed by atoms with Gasteiger partial charge in [-0.15, -0.1) is 0 Å². The number of aromatic nitrogens is 2. The Morgan fingerprint density at radius 3 is 2.62 bits per heavy atom. The van der Waals surface area contributed by atoms with E-state index < -0.39 is 0 Å². The molecule has 1 aromatic heterocycles. The zero-order chi connectivity index (χ0) is 16.9. The van der Waals surface area contributed by atoms with Crippen LogP contribution in [0.15, 0.2) is 60.9 Å². The molecule has 0 aliphatic carbocycles. The van der Waals surface area contributed by atoms with Gasteiger partial charge >= 0.3 is 0 Å². The van der Waals surface area contributed by atoms with Crippen LogP contribution in [0, 0.1) is 0 Å². The minimum Gasteiger partial charge on any atom is -0.504 e. The number of benzene rings is 2. The van der Waals surface area contributed by atoms with E-state index in [2.05, 4.69) is 22.1 Å². The van der Waals surface area contributed by atoms with Crippen molar-refractivity contribution in [3.05, 3.63) is 66.5 Å². The van der Waals surface area contributed by atoms with Gasteiger partial charge in [-0.2, -0.15) is 0 Å². The molecule has 1 N–H and O–H groups in total. The lowest BCUT2D eigenvalue weighted by Crippen LogP contribution is -2.18. The molecule has 1 heterocycles. The summed E-state index contributed by atoms with van der Waals surface area (Å²) in [6.07, 6.45) is 3.44. The van der Waals surface area contributed by atoms with Gasteiger partial charge in [0, 0.05) is 19.2 Å². The summed E-state index contributed by atoms with van der Waals surface area (Å²) in [5.41, 5.74) is 2.77. The smallest absolute Gasteiger partial charge is 0.161 e. The van der Waals surface area contributed by atoms with E-state index in [4.69, 9.17) is 4.74 Å². The van der Waals surface area contributed by atoms with E-state index >= 15 is 0 Å². The third-order valence-corrected chi connectivity index (χ3v) is 3.75. The number of rotatable bonds is 5. The maximum Gasteiger partial charge on any atom is 0.161 e. The summed E-state index contributed by atoms with van der Waals surface area (Å²) in [6, 6.07) is 15.3. The first-order chi connectivity index (χ1) is 11.7. The molecule has 0 bridgehead atoms. The fraction of sp³-hybridized carbons (Fsp3) is 0.158. The second-order valence-corrected chi connectivity index (χ2v) is 5.49. The zero-order valence-corrected chi connectivity index (χ0v) is 13.7. The van der Waals surface area contributed by atoms with Crippen LogP contribution in [-0.4, -0.2) is 29.2 Å². The minimum atomic E-state index is 0.103. The van der Waals surface area contributed by atoms with Crippen LogP contribution in [-0.2, 0) is 6.54 Å². The van der Waals surface area contributed by atoms with Crippen LogP contribution >= 0.6 is 0 Å². The van der Waals surface area contributed by atoms with Crippen molar-refractivity contribution in [3.63, 3.8) is 0 Å². The molecule has 0 saturated carbocycles. The van der Waals surface area contributed by atoms with Gasteiger partial charge in [-0.05, 0) is 23.8 Å². The van der Waals surface area contributed by atoms with E-state index in [1.54, 1.807) is 30.6 Å². The molecule has 24 heavy (non-hydrogen) atoms. The average molecular weight is 321 g/mol. The van der Waals surface area contributed by atoms with Gasteiger partial charge in [0.2, 0.25) is 0 Å². The molecule has 0 saturated heterocycles. The Labute approximate surface area is 141 Å². The lowest BCUT2D eigenvalue weighted by Gasteiger charge is -2.18. The van der Waals surface area contributed by atoms with Crippen LogP contribution in [0.25, 0.3) is 11.3 Å². The topological polar surface area (TPSA) is 58.5 Å². The van der Waals surface area contributed by atoms with Gasteiger partial charge in [0.15, 0.2) is 11.5 Å². The highest BCUT2D eigenvalue weighted by atomic mass is 16.5. The number of nitrogens with zero attached hydrogens (tertiary/aromatic N) is 3. The zero-order valence-electron chi connectivity index (χ0n) is 13.7. The summed E-state index contributed by atoms with van der Waals surface area (Å²) >= 11 is 0. The Hall–Kier alpha value is -3.08. The Morgan fingerprint density at radius 2 is 1.88 bits per heavy atom. The number of phenols is 1. The van der Waals surface area contributed by atoms with Crippen molar-refractivity contribution in [2.45, 2.75) is 6.54 Å². The van der Waals surface area contributed by atoms with Crippen molar-refractivity contribution in [1.29, 1.82) is 0 Å². The van der Waals surface area contributed by atoms with E-state index in [0.29, 0.717) is 5.75 Å². The third kappa shape index (κ3) is 3.46. The molecule has 0 atom stereocenters. The lowest BCUT2D eigenvalue weighted by molar-refractivity contribution is 0.373. The Bertz CT molecular complexity index is 822. The SMILES string of the molecule is COc1cc(-c2cncc(N(C)Cc3ccccc3)n2)ccc1O. The van der Waals surface area contributed by atoms with Gasteiger partial charge in [0.05, 0.1) is 25.2 Å². The van der Waals surface area contributed by atoms with Gasteiger partial charge < -0.3 is 14.7 Å². The van der Waals surface area contributed by atoms with E-state index in [0.717, 1.165) is 23.6 Å². The summed E-state index contributed by atoms with van der Waals surface area (Å²) in [5.74, 6) is 1.30. The van der Waals surface area contributed by atoms with Crippen molar-refractivity contribution >= 4 is 5.82 Å². The molecule has 122 valence electrons. The molecular weight excluding hydrogens is 302 g/mol. The van der Waals surface area contributed by atoms with Crippen molar-refractivity contribution in [1.82, 2.24) is 9.97 Å². The van der Waals surface area contributed by atoms with E-state index in [9.17, 15) is 5.11 Å². The van der Waals surface area contributed by atoms with Crippen molar-refractivity contribution in [3.8, 4) is 22.8 Å². The van der Waals surface area contributed by atoms with Gasteiger partial charge in [0.1, 0.15) is 5.82 Å². The van der Waals surface area contributed by atoms with E-state index in [1.807, 2.05) is 30.1 Å². The van der Waals surface area contributed by atoms with Crippen molar-refractivity contribution < 1.29 is 9.84 Å². The van der Waals surface area contributed by atoms with Gasteiger partial charge in [-0.1, -0.05) is 30.3 Å². The summed E-state index contributed by atoms with van der Waals surface area (Å²) in [4.78, 5) is 11.0. The molecule has 3 rings (SSSR count). The average Bonchev–Trinajstić information content (AvgIpc) is 2.63. The first-order valence-electron chi connectivity index (χ1n) is 7.62. The summed E-state index contributed by atoms with van der Waals surface area (Å²) in [5, 5.41) is 9.72. The van der Waals surface area contributed by atoms with Gasteiger partial charge in [-0.25, -0.2) is 4.98 Å². The van der Waals surface area contributed by atoms with Crippen LogP contribution in [0.2, 0.25) is 0 Å². The van der Waals surface area contributed by atoms with Gasteiger partial charge in [-0.3, -0.25) is 4.98 Å². The van der Waals surface area contributed by atoms with Crippen LogP contribution in [0.4, 0.5) is 5.82 Å². The number of ether oxygens (including phenoxy) is 1. The predicted molar refractivity (Wildman–Crippen MR) is 94.2 cm³/mol. The molecule has 5 heteroatoms. The van der Waals surface area contributed by atoms with Crippen LogP contribution in [0.5, 0.6) is 11.5 Å². The Kier molecular flexibility index (Phi) is 4.61. The fourth-order valence-corrected chi connectivity index (χ4v) is 2.45. The molecule has 0 fully saturated rings. The van der Waals surface area contributed by atoms with E-state index in [-0.39, 0.29) is 5.75 Å². The van der Waals surface area contributed by atoms with Crippen molar-refractivity contribution in [2.75, 3.05) is 19.1 Å². The highest BCUT2D eigenvalue weighted by Gasteiger charge is 2.09. The number of methoxy groups -OCH3 is 1. The highest BCUT2D eigenvalue weighted by molar-refractivity contribution is 5.64. The number of hydrogen-bond acceptors (Lipinski definition) is 5. The summed E-state index contributed by atoms with van der Waals surface area (Å²) in [6.45, 7) is 0.748. The van der Waals surface area contributed by atoms with E-state index in [1.165, 1.54) is 12.7 Å². The summed E-state index contributed by atoms with van der Waals surface area (Å²) in [7, 11) is 3.51. The first kappa shape index (κ1) is 15.8. The maximum atomic E-state index is 9.72. The molecule has 0 amide bonds. The first-order valence-corrected chi connectivity index (χ1v) is 7.62.